The van der Waals surface area contributed by atoms with E-state index in [0.29, 0.717) is 11.5 Å². The minimum atomic E-state index is 0.523. The molecule has 1 rings (SSSR count). The molecule has 0 bridgehead atoms. The fourth-order valence-electron chi connectivity index (χ4n) is 0.506. The Morgan fingerprint density at radius 1 is 1.89 bits per heavy atom. The van der Waals surface area contributed by atoms with Gasteiger partial charge in [0.1, 0.15) is 11.5 Å². The maximum Gasteiger partial charge on any atom is 0.134 e. The van der Waals surface area contributed by atoms with E-state index in [4.69, 9.17) is 5.21 Å². The van der Waals surface area contributed by atoms with Gasteiger partial charge in [-0.25, -0.2) is 0 Å². The minimum absolute atomic E-state index is 0.523. The molecule has 0 unspecified atom stereocenters. The molecule has 0 aliphatic rings. The molecular formula is C5H6N2O2. The van der Waals surface area contributed by atoms with Crippen molar-refractivity contribution in [2.45, 2.75) is 6.92 Å². The lowest BCUT2D eigenvalue weighted by Gasteiger charge is -1.70. The van der Waals surface area contributed by atoms with E-state index in [0.717, 1.165) is 0 Å². The summed E-state index contributed by atoms with van der Waals surface area (Å²) < 4.78 is 4.66. The molecule has 0 radical (unpaired) electrons. The van der Waals surface area contributed by atoms with Gasteiger partial charge in [0.2, 0.25) is 0 Å². The highest BCUT2D eigenvalue weighted by Crippen LogP contribution is 1.97. The van der Waals surface area contributed by atoms with Gasteiger partial charge in [0, 0.05) is 6.07 Å². The largest absolute Gasteiger partial charge is 0.411 e. The molecule has 0 amide bonds. The number of oxime groups is 1. The summed E-state index contributed by atoms with van der Waals surface area (Å²) in [4.78, 5) is 0. The molecule has 0 fully saturated rings. The summed E-state index contributed by atoms with van der Waals surface area (Å²) in [5, 5.41) is 14.3. The van der Waals surface area contributed by atoms with Crippen molar-refractivity contribution in [1.29, 1.82) is 0 Å². The molecular weight excluding hydrogens is 120 g/mol. The smallest absolute Gasteiger partial charge is 0.134 e. The Labute approximate surface area is 51.8 Å². The normalized spacial score (nSPS) is 10.8. The molecule has 1 heterocycles. The lowest BCUT2D eigenvalue weighted by molar-refractivity contribution is 0.321. The Hall–Kier alpha value is -1.32. The average Bonchev–Trinajstić information content (AvgIpc) is 2.17. The molecule has 0 aliphatic heterocycles. The van der Waals surface area contributed by atoms with Gasteiger partial charge >= 0.3 is 0 Å². The topological polar surface area (TPSA) is 58.6 Å². The van der Waals surface area contributed by atoms with E-state index in [2.05, 4.69) is 14.8 Å². The Morgan fingerprint density at radius 2 is 2.67 bits per heavy atom. The first-order valence-electron chi connectivity index (χ1n) is 2.43. The van der Waals surface area contributed by atoms with Gasteiger partial charge < -0.3 is 9.73 Å². The van der Waals surface area contributed by atoms with Crippen molar-refractivity contribution in [1.82, 2.24) is 5.16 Å². The molecule has 0 spiro atoms. The molecule has 9 heavy (non-hydrogen) atoms. The zero-order valence-corrected chi connectivity index (χ0v) is 4.90. The zero-order valence-electron chi connectivity index (χ0n) is 4.90. The summed E-state index contributed by atoms with van der Waals surface area (Å²) in [6.45, 7) is 1.77. The Balaban J connectivity index is 2.85. The van der Waals surface area contributed by atoms with Gasteiger partial charge in [0.25, 0.3) is 0 Å². The van der Waals surface area contributed by atoms with Gasteiger partial charge in [-0.05, 0) is 6.92 Å². The molecule has 0 aliphatic carbocycles. The van der Waals surface area contributed by atoms with E-state index < -0.39 is 0 Å². The fourth-order valence-corrected chi connectivity index (χ4v) is 0.506. The molecule has 0 saturated carbocycles. The van der Waals surface area contributed by atoms with Gasteiger partial charge in [0.15, 0.2) is 0 Å². The van der Waals surface area contributed by atoms with E-state index in [1.54, 1.807) is 13.0 Å². The molecule has 0 saturated heterocycles. The van der Waals surface area contributed by atoms with Crippen LogP contribution in [0, 0.1) is 6.92 Å². The lowest BCUT2D eigenvalue weighted by Crippen LogP contribution is -1.76. The van der Waals surface area contributed by atoms with Crippen LogP contribution >= 0.6 is 0 Å². The highest BCUT2D eigenvalue weighted by atomic mass is 16.5. The highest BCUT2D eigenvalue weighted by Gasteiger charge is 1.93. The van der Waals surface area contributed by atoms with Crippen LogP contribution in [-0.4, -0.2) is 16.6 Å². The van der Waals surface area contributed by atoms with Crippen molar-refractivity contribution >= 4 is 6.21 Å². The summed E-state index contributed by atoms with van der Waals surface area (Å²) in [5.74, 6) is 0.699. The van der Waals surface area contributed by atoms with Gasteiger partial charge in [-0.2, -0.15) is 0 Å². The number of aryl methyl sites for hydroxylation is 1. The van der Waals surface area contributed by atoms with Gasteiger partial charge in [0.05, 0.1) is 6.21 Å². The Morgan fingerprint density at radius 3 is 3.11 bits per heavy atom. The van der Waals surface area contributed by atoms with Crippen molar-refractivity contribution in [2.75, 3.05) is 0 Å². The predicted molar refractivity (Wildman–Crippen MR) is 30.6 cm³/mol. The van der Waals surface area contributed by atoms with Gasteiger partial charge in [-0.1, -0.05) is 10.3 Å². The highest BCUT2D eigenvalue weighted by molar-refractivity contribution is 5.75. The van der Waals surface area contributed by atoms with Crippen LogP contribution in [0.1, 0.15) is 11.5 Å². The zero-order chi connectivity index (χ0) is 6.69. The standard InChI is InChI=1S/C5H6N2O2/c1-4-2-5(3-6-8)7-9-4/h2-3,8H,1H3/b6-3-. The van der Waals surface area contributed by atoms with Crippen molar-refractivity contribution < 1.29 is 9.73 Å². The third-order valence-electron chi connectivity index (χ3n) is 0.836. The summed E-state index contributed by atoms with van der Waals surface area (Å²) in [5.41, 5.74) is 0.523. The first-order valence-corrected chi connectivity index (χ1v) is 2.43. The van der Waals surface area contributed by atoms with Crippen molar-refractivity contribution in [3.05, 3.63) is 17.5 Å². The van der Waals surface area contributed by atoms with Crippen molar-refractivity contribution in [3.8, 4) is 0 Å². The van der Waals surface area contributed by atoms with E-state index in [1.165, 1.54) is 6.21 Å². The van der Waals surface area contributed by atoms with Crippen LogP contribution in [0.15, 0.2) is 15.7 Å². The second-order valence-electron chi connectivity index (χ2n) is 1.61. The maximum atomic E-state index is 8.02. The first kappa shape index (κ1) is 5.81. The number of nitrogens with zero attached hydrogens (tertiary/aromatic N) is 2. The summed E-state index contributed by atoms with van der Waals surface area (Å²) in [6, 6.07) is 1.67. The van der Waals surface area contributed by atoms with Crippen LogP contribution in [0.5, 0.6) is 0 Å². The minimum Gasteiger partial charge on any atom is -0.411 e. The average molecular weight is 126 g/mol. The SMILES string of the molecule is Cc1cc(/C=N\O)no1. The Bertz CT molecular complexity index is 216. The molecule has 1 aromatic rings. The quantitative estimate of drug-likeness (QED) is 0.344. The molecule has 48 valence electrons. The summed E-state index contributed by atoms with van der Waals surface area (Å²) in [7, 11) is 0. The van der Waals surface area contributed by atoms with Crippen molar-refractivity contribution in [3.63, 3.8) is 0 Å². The number of rotatable bonds is 1. The first-order chi connectivity index (χ1) is 4.33. The van der Waals surface area contributed by atoms with Crippen LogP contribution in [0.2, 0.25) is 0 Å². The second kappa shape index (κ2) is 2.30. The molecule has 4 heteroatoms. The molecule has 0 aromatic carbocycles. The molecule has 0 atom stereocenters. The third kappa shape index (κ3) is 1.28. The predicted octanol–water partition coefficient (Wildman–Crippen LogP) is 0.791. The lowest BCUT2D eigenvalue weighted by atomic mass is 10.4. The number of aromatic nitrogens is 1. The third-order valence-corrected chi connectivity index (χ3v) is 0.836. The van der Waals surface area contributed by atoms with E-state index in [-0.39, 0.29) is 0 Å². The van der Waals surface area contributed by atoms with Crippen LogP contribution in [0.4, 0.5) is 0 Å². The second-order valence-corrected chi connectivity index (χ2v) is 1.61. The van der Waals surface area contributed by atoms with Crippen LogP contribution < -0.4 is 0 Å². The molecule has 1 aromatic heterocycles. The number of hydrogen-bond acceptors (Lipinski definition) is 4. The van der Waals surface area contributed by atoms with Crippen LogP contribution in [-0.2, 0) is 0 Å². The van der Waals surface area contributed by atoms with Crippen molar-refractivity contribution in [2.24, 2.45) is 5.16 Å². The van der Waals surface area contributed by atoms with Crippen LogP contribution in [0.25, 0.3) is 0 Å². The van der Waals surface area contributed by atoms with E-state index in [9.17, 15) is 0 Å². The van der Waals surface area contributed by atoms with Crippen LogP contribution in [0.3, 0.4) is 0 Å². The van der Waals surface area contributed by atoms with Gasteiger partial charge in [-0.3, -0.25) is 0 Å². The maximum absolute atomic E-state index is 8.02. The molecule has 4 nitrogen and oxygen atoms in total. The van der Waals surface area contributed by atoms with E-state index in [1.807, 2.05) is 0 Å². The Kier molecular flexibility index (Phi) is 1.48. The van der Waals surface area contributed by atoms with E-state index >= 15 is 0 Å². The monoisotopic (exact) mass is 126 g/mol. The summed E-state index contributed by atoms with van der Waals surface area (Å²) >= 11 is 0. The number of hydrogen-bond donors (Lipinski definition) is 1. The van der Waals surface area contributed by atoms with Gasteiger partial charge in [-0.15, -0.1) is 0 Å². The molecule has 1 N–H and O–H groups in total. The summed E-state index contributed by atoms with van der Waals surface area (Å²) in [6.07, 6.45) is 1.20. The fraction of sp³-hybridized carbons (Fsp3) is 0.200.